The standard InChI is InChI=1S/C13H14BrN3OS/c1-7-6-16-13(19-7)8(2)17-12(18)9-3-4-10(14)11(15)5-9/h3-6,8H,15H2,1-2H3,(H,17,18). The molecule has 0 aliphatic heterocycles. The van der Waals surface area contributed by atoms with E-state index in [0.717, 1.165) is 14.4 Å². The zero-order valence-electron chi connectivity index (χ0n) is 10.6. The van der Waals surface area contributed by atoms with Crippen molar-refractivity contribution in [2.45, 2.75) is 19.9 Å². The second-order valence-electron chi connectivity index (χ2n) is 4.24. The maximum absolute atomic E-state index is 12.1. The normalized spacial score (nSPS) is 12.2. The molecule has 0 bridgehead atoms. The summed E-state index contributed by atoms with van der Waals surface area (Å²) in [5.74, 6) is -0.153. The van der Waals surface area contributed by atoms with Gasteiger partial charge < -0.3 is 11.1 Å². The lowest BCUT2D eigenvalue weighted by Gasteiger charge is -2.11. The molecule has 1 aromatic heterocycles. The third-order valence-corrected chi connectivity index (χ3v) is 4.43. The van der Waals surface area contributed by atoms with Crippen LogP contribution in [-0.4, -0.2) is 10.9 Å². The minimum absolute atomic E-state index is 0.115. The summed E-state index contributed by atoms with van der Waals surface area (Å²) in [5.41, 5.74) is 6.86. The Morgan fingerprint density at radius 2 is 2.26 bits per heavy atom. The number of nitrogens with one attached hydrogen (secondary N) is 1. The SMILES string of the molecule is Cc1cnc(C(C)NC(=O)c2ccc(Br)c(N)c2)s1. The summed E-state index contributed by atoms with van der Waals surface area (Å²) in [7, 11) is 0. The Bertz CT molecular complexity index is 612. The maximum Gasteiger partial charge on any atom is 0.251 e. The number of nitrogens with zero attached hydrogens (tertiary/aromatic N) is 1. The molecule has 6 heteroatoms. The number of carbonyl (C=O) groups is 1. The van der Waals surface area contributed by atoms with Crippen molar-refractivity contribution >= 4 is 38.9 Å². The predicted octanol–water partition coefficient (Wildman–Crippen LogP) is 3.29. The van der Waals surface area contributed by atoms with Crippen LogP contribution in [0.5, 0.6) is 0 Å². The van der Waals surface area contributed by atoms with Crippen LogP contribution >= 0.6 is 27.3 Å². The van der Waals surface area contributed by atoms with Gasteiger partial charge in [-0.2, -0.15) is 0 Å². The zero-order valence-corrected chi connectivity index (χ0v) is 13.0. The van der Waals surface area contributed by atoms with Crippen LogP contribution in [0.15, 0.2) is 28.9 Å². The van der Waals surface area contributed by atoms with Crippen molar-refractivity contribution in [1.29, 1.82) is 0 Å². The molecule has 0 saturated carbocycles. The fraction of sp³-hybridized carbons (Fsp3) is 0.231. The fourth-order valence-corrected chi connectivity index (χ4v) is 2.62. The molecule has 2 aromatic rings. The number of nitrogen functional groups attached to an aromatic ring is 1. The molecule has 0 aliphatic carbocycles. The van der Waals surface area contributed by atoms with Gasteiger partial charge in [-0.3, -0.25) is 4.79 Å². The average Bonchev–Trinajstić information content (AvgIpc) is 2.79. The molecule has 100 valence electrons. The minimum atomic E-state index is -0.153. The molecule has 0 spiro atoms. The van der Waals surface area contributed by atoms with Gasteiger partial charge in [-0.05, 0) is 48.0 Å². The van der Waals surface area contributed by atoms with E-state index in [1.54, 1.807) is 35.7 Å². The first-order valence-corrected chi connectivity index (χ1v) is 7.36. The van der Waals surface area contributed by atoms with Gasteiger partial charge in [0.2, 0.25) is 0 Å². The molecule has 4 nitrogen and oxygen atoms in total. The number of hydrogen-bond acceptors (Lipinski definition) is 4. The third-order valence-electron chi connectivity index (χ3n) is 2.62. The Balaban J connectivity index is 2.10. The van der Waals surface area contributed by atoms with Gasteiger partial charge in [0.15, 0.2) is 0 Å². The number of amides is 1. The van der Waals surface area contributed by atoms with Crippen LogP contribution in [0.4, 0.5) is 5.69 Å². The molecule has 0 fully saturated rings. The predicted molar refractivity (Wildman–Crippen MR) is 81.3 cm³/mol. The summed E-state index contributed by atoms with van der Waals surface area (Å²) in [4.78, 5) is 17.5. The second-order valence-corrected chi connectivity index (χ2v) is 6.36. The Morgan fingerprint density at radius 3 is 2.84 bits per heavy atom. The molecule has 19 heavy (non-hydrogen) atoms. The average molecular weight is 340 g/mol. The first kappa shape index (κ1) is 14.0. The number of rotatable bonds is 3. The highest BCUT2D eigenvalue weighted by molar-refractivity contribution is 9.10. The zero-order chi connectivity index (χ0) is 14.0. The topological polar surface area (TPSA) is 68.0 Å². The number of carbonyl (C=O) groups excluding carboxylic acids is 1. The number of aryl methyl sites for hydroxylation is 1. The second kappa shape index (κ2) is 5.71. The van der Waals surface area contributed by atoms with E-state index >= 15 is 0 Å². The van der Waals surface area contributed by atoms with Gasteiger partial charge in [-0.15, -0.1) is 11.3 Å². The van der Waals surface area contributed by atoms with Gasteiger partial charge in [-0.1, -0.05) is 0 Å². The van der Waals surface area contributed by atoms with Gasteiger partial charge in [0.05, 0.1) is 6.04 Å². The molecule has 1 amide bonds. The van der Waals surface area contributed by atoms with Gasteiger partial charge in [0, 0.05) is 26.8 Å². The number of benzene rings is 1. The highest BCUT2D eigenvalue weighted by Gasteiger charge is 2.14. The Morgan fingerprint density at radius 1 is 1.53 bits per heavy atom. The summed E-state index contributed by atoms with van der Waals surface area (Å²) in [6, 6.07) is 5.04. The lowest BCUT2D eigenvalue weighted by Crippen LogP contribution is -2.26. The van der Waals surface area contributed by atoms with E-state index in [1.165, 1.54) is 0 Å². The van der Waals surface area contributed by atoms with E-state index in [4.69, 9.17) is 5.73 Å². The third kappa shape index (κ3) is 3.33. The molecule has 0 aliphatic rings. The molecule has 0 radical (unpaired) electrons. The number of thiazole rings is 1. The van der Waals surface area contributed by atoms with E-state index in [-0.39, 0.29) is 11.9 Å². The van der Waals surface area contributed by atoms with E-state index in [9.17, 15) is 4.79 Å². The van der Waals surface area contributed by atoms with Gasteiger partial charge in [0.1, 0.15) is 5.01 Å². The molecule has 2 rings (SSSR count). The van der Waals surface area contributed by atoms with Crippen molar-refractivity contribution in [3.05, 3.63) is 44.3 Å². The summed E-state index contributed by atoms with van der Waals surface area (Å²) in [6.07, 6.45) is 1.81. The van der Waals surface area contributed by atoms with Crippen molar-refractivity contribution in [2.75, 3.05) is 5.73 Å². The van der Waals surface area contributed by atoms with Crippen molar-refractivity contribution in [1.82, 2.24) is 10.3 Å². The largest absolute Gasteiger partial charge is 0.398 e. The lowest BCUT2D eigenvalue weighted by molar-refractivity contribution is 0.0940. The lowest BCUT2D eigenvalue weighted by atomic mass is 10.2. The van der Waals surface area contributed by atoms with Gasteiger partial charge in [-0.25, -0.2) is 4.98 Å². The maximum atomic E-state index is 12.1. The van der Waals surface area contributed by atoms with E-state index in [0.29, 0.717) is 11.3 Å². The van der Waals surface area contributed by atoms with Crippen LogP contribution in [0.2, 0.25) is 0 Å². The Labute approximate surface area is 124 Å². The van der Waals surface area contributed by atoms with Crippen molar-refractivity contribution in [2.24, 2.45) is 0 Å². The van der Waals surface area contributed by atoms with Crippen molar-refractivity contribution in [3.63, 3.8) is 0 Å². The van der Waals surface area contributed by atoms with Gasteiger partial charge in [0.25, 0.3) is 5.91 Å². The first-order chi connectivity index (χ1) is 8.97. The molecule has 1 heterocycles. The van der Waals surface area contributed by atoms with E-state index < -0.39 is 0 Å². The van der Waals surface area contributed by atoms with Crippen molar-refractivity contribution in [3.8, 4) is 0 Å². The number of hydrogen-bond donors (Lipinski definition) is 2. The Kier molecular flexibility index (Phi) is 4.21. The summed E-state index contributed by atoms with van der Waals surface area (Å²) >= 11 is 4.88. The Hall–Kier alpha value is -1.40. The molecule has 0 saturated heterocycles. The summed E-state index contributed by atoms with van der Waals surface area (Å²) in [6.45, 7) is 3.91. The van der Waals surface area contributed by atoms with Crippen LogP contribution in [0, 0.1) is 6.92 Å². The molecule has 1 aromatic carbocycles. The smallest absolute Gasteiger partial charge is 0.251 e. The minimum Gasteiger partial charge on any atom is -0.398 e. The highest BCUT2D eigenvalue weighted by Crippen LogP contribution is 2.22. The van der Waals surface area contributed by atoms with Crippen molar-refractivity contribution < 1.29 is 4.79 Å². The van der Waals surface area contributed by atoms with E-state index in [1.807, 2.05) is 13.8 Å². The number of aromatic nitrogens is 1. The first-order valence-electron chi connectivity index (χ1n) is 5.75. The molecule has 3 N–H and O–H groups in total. The van der Waals surface area contributed by atoms with E-state index in [2.05, 4.69) is 26.2 Å². The molecule has 1 atom stereocenters. The number of anilines is 1. The summed E-state index contributed by atoms with van der Waals surface area (Å²) < 4.78 is 0.785. The number of nitrogens with two attached hydrogens (primary N) is 1. The van der Waals surface area contributed by atoms with Gasteiger partial charge >= 0.3 is 0 Å². The van der Waals surface area contributed by atoms with Crippen LogP contribution in [0.3, 0.4) is 0 Å². The highest BCUT2D eigenvalue weighted by atomic mass is 79.9. The number of halogens is 1. The van der Waals surface area contributed by atoms with Crippen LogP contribution < -0.4 is 11.1 Å². The quantitative estimate of drug-likeness (QED) is 0.843. The fourth-order valence-electron chi connectivity index (χ4n) is 1.60. The molecular formula is C13H14BrN3OS. The van der Waals surface area contributed by atoms with Crippen LogP contribution in [-0.2, 0) is 0 Å². The monoisotopic (exact) mass is 339 g/mol. The summed E-state index contributed by atoms with van der Waals surface area (Å²) in [5, 5.41) is 3.81. The molecule has 1 unspecified atom stereocenters. The van der Waals surface area contributed by atoms with Crippen LogP contribution in [0.1, 0.15) is 33.2 Å². The molecular weight excluding hydrogens is 326 g/mol. The van der Waals surface area contributed by atoms with Crippen LogP contribution in [0.25, 0.3) is 0 Å².